The van der Waals surface area contributed by atoms with Crippen molar-refractivity contribution < 1.29 is 5.11 Å². The molecule has 2 atom stereocenters. The van der Waals surface area contributed by atoms with E-state index < -0.39 is 6.10 Å². The van der Waals surface area contributed by atoms with Crippen LogP contribution in [-0.4, -0.2) is 16.1 Å². The predicted octanol–water partition coefficient (Wildman–Crippen LogP) is 3.36. The minimum atomic E-state index is -0.534. The van der Waals surface area contributed by atoms with E-state index in [0.29, 0.717) is 6.54 Å². The van der Waals surface area contributed by atoms with E-state index >= 15 is 0 Å². The van der Waals surface area contributed by atoms with Crippen LogP contribution in [0, 0.1) is 6.92 Å². The minimum absolute atomic E-state index is 0.0423. The first kappa shape index (κ1) is 15.2. The normalized spacial score (nSPS) is 14.0. The highest BCUT2D eigenvalue weighted by atomic mass is 79.9. The quantitative estimate of drug-likeness (QED) is 0.881. The van der Waals surface area contributed by atoms with Crippen molar-refractivity contribution in [3.05, 3.63) is 63.9 Å². The van der Waals surface area contributed by atoms with E-state index in [0.717, 1.165) is 21.3 Å². The Morgan fingerprint density at radius 2 is 1.90 bits per heavy atom. The third-order valence-electron chi connectivity index (χ3n) is 3.26. The number of pyridine rings is 1. The molecule has 0 saturated carbocycles. The smallest absolute Gasteiger partial charge is 0.0940 e. The first-order valence-corrected chi connectivity index (χ1v) is 7.44. The molecule has 1 aromatic heterocycles. The second-order valence-corrected chi connectivity index (χ2v) is 5.91. The maximum atomic E-state index is 10.3. The molecule has 2 rings (SSSR count). The van der Waals surface area contributed by atoms with Crippen LogP contribution in [0.3, 0.4) is 0 Å². The van der Waals surface area contributed by atoms with Crippen LogP contribution in [-0.2, 0) is 6.54 Å². The molecule has 0 fully saturated rings. The molecule has 20 heavy (non-hydrogen) atoms. The molecular formula is C16H19BrN2O. The molecule has 0 aliphatic rings. The topological polar surface area (TPSA) is 45.1 Å². The van der Waals surface area contributed by atoms with Gasteiger partial charge in [0.05, 0.1) is 11.8 Å². The summed E-state index contributed by atoms with van der Waals surface area (Å²) in [5, 5.41) is 13.6. The van der Waals surface area contributed by atoms with E-state index in [1.165, 1.54) is 0 Å². The lowest BCUT2D eigenvalue weighted by Crippen LogP contribution is -2.32. The fourth-order valence-electron chi connectivity index (χ4n) is 1.93. The summed E-state index contributed by atoms with van der Waals surface area (Å²) in [7, 11) is 0. The maximum Gasteiger partial charge on any atom is 0.0940 e. The van der Waals surface area contributed by atoms with Crippen molar-refractivity contribution in [3.8, 4) is 0 Å². The predicted molar refractivity (Wildman–Crippen MR) is 84.4 cm³/mol. The zero-order chi connectivity index (χ0) is 14.5. The summed E-state index contributed by atoms with van der Waals surface area (Å²) < 4.78 is 1.01. The molecule has 0 radical (unpaired) electrons. The van der Waals surface area contributed by atoms with Gasteiger partial charge in [-0.25, -0.2) is 0 Å². The van der Waals surface area contributed by atoms with E-state index in [1.807, 2.05) is 56.4 Å². The molecule has 0 amide bonds. The number of benzene rings is 1. The lowest BCUT2D eigenvalue weighted by atomic mass is 10.0. The van der Waals surface area contributed by atoms with E-state index in [2.05, 4.69) is 26.2 Å². The molecule has 0 bridgehead atoms. The standard InChI is InChI=1S/C16H19BrN2O/c1-11-3-8-15(19-9-11)10-18-12(2)16(20)13-4-6-14(17)7-5-13/h3-9,12,16,18,20H,10H2,1-2H3. The molecule has 1 aromatic carbocycles. The zero-order valence-corrected chi connectivity index (χ0v) is 13.3. The molecule has 3 nitrogen and oxygen atoms in total. The van der Waals surface area contributed by atoms with Gasteiger partial charge in [-0.1, -0.05) is 34.1 Å². The Morgan fingerprint density at radius 3 is 2.50 bits per heavy atom. The van der Waals surface area contributed by atoms with Gasteiger partial charge in [-0.2, -0.15) is 0 Å². The molecule has 2 unspecified atom stereocenters. The number of nitrogens with one attached hydrogen (secondary N) is 1. The molecule has 1 heterocycles. The molecule has 0 aliphatic carbocycles. The van der Waals surface area contributed by atoms with Crippen molar-refractivity contribution in [1.82, 2.24) is 10.3 Å². The molecule has 0 aliphatic heterocycles. The van der Waals surface area contributed by atoms with Crippen LogP contribution in [0.15, 0.2) is 47.1 Å². The van der Waals surface area contributed by atoms with Crippen LogP contribution in [0.1, 0.15) is 29.8 Å². The summed E-state index contributed by atoms with van der Waals surface area (Å²) in [5.74, 6) is 0. The Hall–Kier alpha value is -1.23. The third kappa shape index (κ3) is 4.13. The number of halogens is 1. The average Bonchev–Trinajstić information content (AvgIpc) is 2.46. The van der Waals surface area contributed by atoms with E-state index in [1.54, 1.807) is 0 Å². The van der Waals surface area contributed by atoms with Crippen LogP contribution in [0.5, 0.6) is 0 Å². The second-order valence-electron chi connectivity index (χ2n) is 4.99. The fourth-order valence-corrected chi connectivity index (χ4v) is 2.19. The maximum absolute atomic E-state index is 10.3. The summed E-state index contributed by atoms with van der Waals surface area (Å²) in [6, 6.07) is 11.7. The van der Waals surface area contributed by atoms with Crippen molar-refractivity contribution in [3.63, 3.8) is 0 Å². The highest BCUT2D eigenvalue weighted by molar-refractivity contribution is 9.10. The highest BCUT2D eigenvalue weighted by Crippen LogP contribution is 2.19. The van der Waals surface area contributed by atoms with Gasteiger partial charge in [0.1, 0.15) is 0 Å². The largest absolute Gasteiger partial charge is 0.387 e. The molecule has 2 N–H and O–H groups in total. The van der Waals surface area contributed by atoms with Gasteiger partial charge in [-0.05, 0) is 43.2 Å². The number of nitrogens with zero attached hydrogens (tertiary/aromatic N) is 1. The summed E-state index contributed by atoms with van der Waals surface area (Å²) in [6.07, 6.45) is 1.32. The van der Waals surface area contributed by atoms with E-state index in [4.69, 9.17) is 0 Å². The van der Waals surface area contributed by atoms with Gasteiger partial charge in [0.2, 0.25) is 0 Å². The van der Waals surface area contributed by atoms with Crippen LogP contribution in [0.25, 0.3) is 0 Å². The van der Waals surface area contributed by atoms with Crippen LogP contribution in [0.2, 0.25) is 0 Å². The van der Waals surface area contributed by atoms with Crippen molar-refractivity contribution in [1.29, 1.82) is 0 Å². The molecule has 0 saturated heterocycles. The lowest BCUT2D eigenvalue weighted by Gasteiger charge is -2.20. The third-order valence-corrected chi connectivity index (χ3v) is 3.79. The fraction of sp³-hybridized carbons (Fsp3) is 0.312. The Balaban J connectivity index is 1.92. The summed E-state index contributed by atoms with van der Waals surface area (Å²) in [5.41, 5.74) is 3.03. The Kier molecular flexibility index (Phi) is 5.29. The van der Waals surface area contributed by atoms with E-state index in [9.17, 15) is 5.11 Å². The van der Waals surface area contributed by atoms with Gasteiger partial charge in [0, 0.05) is 23.3 Å². The van der Waals surface area contributed by atoms with Crippen LogP contribution in [0.4, 0.5) is 0 Å². The molecule has 0 spiro atoms. The van der Waals surface area contributed by atoms with Crippen LogP contribution >= 0.6 is 15.9 Å². The van der Waals surface area contributed by atoms with Gasteiger partial charge in [-0.3, -0.25) is 4.98 Å². The zero-order valence-electron chi connectivity index (χ0n) is 11.7. The molecular weight excluding hydrogens is 316 g/mol. The number of aromatic nitrogens is 1. The monoisotopic (exact) mass is 334 g/mol. The van der Waals surface area contributed by atoms with Gasteiger partial charge >= 0.3 is 0 Å². The SMILES string of the molecule is Cc1ccc(CNC(C)C(O)c2ccc(Br)cc2)nc1. The van der Waals surface area contributed by atoms with Gasteiger partial charge in [0.25, 0.3) is 0 Å². The van der Waals surface area contributed by atoms with Crippen molar-refractivity contribution >= 4 is 15.9 Å². The average molecular weight is 335 g/mol. The molecule has 2 aromatic rings. The number of hydrogen-bond donors (Lipinski definition) is 2. The lowest BCUT2D eigenvalue weighted by molar-refractivity contribution is 0.135. The Labute approximate surface area is 128 Å². The first-order chi connectivity index (χ1) is 9.56. The second kappa shape index (κ2) is 6.97. The van der Waals surface area contributed by atoms with Crippen molar-refractivity contribution in [2.45, 2.75) is 32.5 Å². The van der Waals surface area contributed by atoms with E-state index in [-0.39, 0.29) is 6.04 Å². The van der Waals surface area contributed by atoms with Crippen LogP contribution < -0.4 is 5.32 Å². The minimum Gasteiger partial charge on any atom is -0.387 e. The number of aryl methyl sites for hydroxylation is 1. The molecule has 4 heteroatoms. The first-order valence-electron chi connectivity index (χ1n) is 6.64. The number of rotatable bonds is 5. The summed E-state index contributed by atoms with van der Waals surface area (Å²) >= 11 is 3.39. The number of hydrogen-bond acceptors (Lipinski definition) is 3. The number of aliphatic hydroxyl groups is 1. The molecule has 106 valence electrons. The Morgan fingerprint density at radius 1 is 1.20 bits per heavy atom. The van der Waals surface area contributed by atoms with Crippen molar-refractivity contribution in [2.24, 2.45) is 0 Å². The van der Waals surface area contributed by atoms with Gasteiger partial charge in [-0.15, -0.1) is 0 Å². The van der Waals surface area contributed by atoms with Gasteiger partial charge < -0.3 is 10.4 Å². The Bertz CT molecular complexity index is 539. The van der Waals surface area contributed by atoms with Gasteiger partial charge in [0.15, 0.2) is 0 Å². The van der Waals surface area contributed by atoms with Crippen molar-refractivity contribution in [2.75, 3.05) is 0 Å². The highest BCUT2D eigenvalue weighted by Gasteiger charge is 2.15. The summed E-state index contributed by atoms with van der Waals surface area (Å²) in [6.45, 7) is 4.64. The number of aliphatic hydroxyl groups excluding tert-OH is 1. The summed E-state index contributed by atoms with van der Waals surface area (Å²) in [4.78, 5) is 4.34.